The van der Waals surface area contributed by atoms with Gasteiger partial charge in [0.25, 0.3) is 0 Å². The normalized spacial score (nSPS) is 21.2. The van der Waals surface area contributed by atoms with Crippen LogP contribution in [0.5, 0.6) is 0 Å². The van der Waals surface area contributed by atoms with Crippen molar-refractivity contribution < 1.29 is 17.9 Å². The number of carbonyl (C=O) groups is 1. The molecule has 3 heterocycles. The van der Waals surface area contributed by atoms with E-state index in [0.717, 1.165) is 12.8 Å². The van der Waals surface area contributed by atoms with Crippen molar-refractivity contribution in [3.63, 3.8) is 0 Å². The molecule has 3 aliphatic rings. The first-order valence-corrected chi connectivity index (χ1v) is 13.2. The third-order valence-corrected chi connectivity index (χ3v) is 8.55. The van der Waals surface area contributed by atoms with E-state index in [2.05, 4.69) is 16.4 Å². The first-order chi connectivity index (χ1) is 15.6. The molecule has 1 aliphatic carbocycles. The Hall–Kier alpha value is -1.97. The molecule has 0 atom stereocenters. The van der Waals surface area contributed by atoms with E-state index in [0.29, 0.717) is 64.6 Å². The molecular formula is C23H34N4O4S. The highest BCUT2D eigenvalue weighted by Gasteiger charge is 2.33. The lowest BCUT2D eigenvalue weighted by Crippen LogP contribution is -2.43. The fourth-order valence-corrected chi connectivity index (χ4v) is 6.29. The van der Waals surface area contributed by atoms with Crippen molar-refractivity contribution in [1.82, 2.24) is 14.6 Å². The number of ether oxygens (including phenoxy) is 1. The number of sulfonamides is 1. The molecule has 1 aromatic heterocycles. The zero-order chi connectivity index (χ0) is 22.4. The van der Waals surface area contributed by atoms with E-state index in [4.69, 9.17) is 4.74 Å². The highest BCUT2D eigenvalue weighted by molar-refractivity contribution is 7.89. The Kier molecular flexibility index (Phi) is 7.80. The number of nitrogens with one attached hydrogen (secondary N) is 1. The fraction of sp³-hybridized carbons (Fsp3) is 0.652. The van der Waals surface area contributed by atoms with Crippen LogP contribution in [0.2, 0.25) is 0 Å². The van der Waals surface area contributed by atoms with Gasteiger partial charge in [-0.2, -0.15) is 4.31 Å². The van der Waals surface area contributed by atoms with E-state index in [-0.39, 0.29) is 16.7 Å². The summed E-state index contributed by atoms with van der Waals surface area (Å²) in [6, 6.07) is 3.30. The summed E-state index contributed by atoms with van der Waals surface area (Å²) in [6.45, 7) is 3.47. The smallest absolute Gasteiger partial charge is 0.246 e. The van der Waals surface area contributed by atoms with E-state index in [1.165, 1.54) is 29.1 Å². The van der Waals surface area contributed by atoms with Gasteiger partial charge in [0, 0.05) is 44.8 Å². The van der Waals surface area contributed by atoms with Crippen LogP contribution in [0.25, 0.3) is 0 Å². The topological polar surface area (TPSA) is 91.8 Å². The monoisotopic (exact) mass is 462 g/mol. The van der Waals surface area contributed by atoms with Gasteiger partial charge >= 0.3 is 0 Å². The largest absolute Gasteiger partial charge is 0.379 e. The highest BCUT2D eigenvalue weighted by Crippen LogP contribution is 2.29. The molecule has 0 spiro atoms. The van der Waals surface area contributed by atoms with E-state index < -0.39 is 10.0 Å². The zero-order valence-corrected chi connectivity index (χ0v) is 19.5. The summed E-state index contributed by atoms with van der Waals surface area (Å²) < 4.78 is 33.2. The molecule has 2 saturated heterocycles. The lowest BCUT2D eigenvalue weighted by atomic mass is 9.95. The second-order valence-electron chi connectivity index (χ2n) is 8.75. The highest BCUT2D eigenvalue weighted by atomic mass is 32.2. The second-order valence-corrected chi connectivity index (χ2v) is 10.7. The summed E-state index contributed by atoms with van der Waals surface area (Å²) in [5, 5.41) is 3.10. The average molecular weight is 463 g/mol. The minimum atomic E-state index is -3.63. The van der Waals surface area contributed by atoms with E-state index >= 15 is 0 Å². The predicted molar refractivity (Wildman–Crippen MR) is 123 cm³/mol. The van der Waals surface area contributed by atoms with Gasteiger partial charge in [0.15, 0.2) is 0 Å². The summed E-state index contributed by atoms with van der Waals surface area (Å²) >= 11 is 0. The zero-order valence-electron chi connectivity index (χ0n) is 18.7. The molecule has 9 heteroatoms. The van der Waals surface area contributed by atoms with Crippen LogP contribution in [-0.4, -0.2) is 69.6 Å². The summed E-state index contributed by atoms with van der Waals surface area (Å²) in [6.07, 6.45) is 11.2. The lowest BCUT2D eigenvalue weighted by Gasteiger charge is -2.34. The number of allylic oxidation sites excluding steroid dienone is 1. The van der Waals surface area contributed by atoms with Crippen molar-refractivity contribution in [3.05, 3.63) is 30.0 Å². The van der Waals surface area contributed by atoms with E-state index in [1.54, 1.807) is 18.3 Å². The molecule has 4 rings (SSSR count). The first kappa shape index (κ1) is 23.2. The number of hydrogen-bond acceptors (Lipinski definition) is 6. The Morgan fingerprint density at radius 1 is 1.16 bits per heavy atom. The number of rotatable bonds is 7. The predicted octanol–water partition coefficient (Wildman–Crippen LogP) is 2.33. The van der Waals surface area contributed by atoms with Gasteiger partial charge in [0.05, 0.1) is 13.2 Å². The van der Waals surface area contributed by atoms with Crippen molar-refractivity contribution in [2.75, 3.05) is 50.8 Å². The molecular weight excluding hydrogens is 428 g/mol. The average Bonchev–Trinajstić information content (AvgIpc) is 2.85. The maximum atomic E-state index is 13.2. The van der Waals surface area contributed by atoms with Gasteiger partial charge in [-0.3, -0.25) is 4.79 Å². The Morgan fingerprint density at radius 3 is 2.66 bits per heavy atom. The summed E-state index contributed by atoms with van der Waals surface area (Å²) in [5.74, 6) is 0.569. The van der Waals surface area contributed by atoms with Gasteiger partial charge in [-0.05, 0) is 57.1 Å². The number of hydrogen-bond donors (Lipinski definition) is 1. The molecule has 0 unspecified atom stereocenters. The number of anilines is 1. The molecule has 0 saturated carbocycles. The maximum absolute atomic E-state index is 13.2. The minimum absolute atomic E-state index is 0.0328. The number of morpholine rings is 1. The summed E-state index contributed by atoms with van der Waals surface area (Å²) in [4.78, 5) is 19.3. The molecule has 2 fully saturated rings. The third-order valence-electron chi connectivity index (χ3n) is 6.63. The fourth-order valence-electron chi connectivity index (χ4n) is 4.72. The van der Waals surface area contributed by atoms with Crippen molar-refractivity contribution >= 4 is 21.7 Å². The lowest BCUT2D eigenvalue weighted by molar-refractivity contribution is -0.125. The Labute approximate surface area is 191 Å². The third kappa shape index (κ3) is 5.50. The summed E-state index contributed by atoms with van der Waals surface area (Å²) in [5.41, 5.74) is 1.47. The van der Waals surface area contributed by atoms with Gasteiger partial charge in [0.1, 0.15) is 10.7 Å². The standard InChI is InChI=1S/C23H34N4O4S/c28-23(25-12-8-19-5-2-1-3-6-19)20-9-13-26(14-10-20)22-21(7-4-11-24-22)32(29,30)27-15-17-31-18-16-27/h4-5,7,11,20H,1-3,6,8-10,12-18H2,(H,25,28). The van der Waals surface area contributed by atoms with Gasteiger partial charge in [0.2, 0.25) is 15.9 Å². The number of piperidine rings is 1. The number of pyridine rings is 1. The van der Waals surface area contributed by atoms with Crippen LogP contribution >= 0.6 is 0 Å². The van der Waals surface area contributed by atoms with Crippen molar-refractivity contribution in [2.24, 2.45) is 5.92 Å². The Balaban J connectivity index is 1.33. The van der Waals surface area contributed by atoms with Gasteiger partial charge in [-0.15, -0.1) is 0 Å². The van der Waals surface area contributed by atoms with Crippen molar-refractivity contribution in [3.8, 4) is 0 Å². The number of nitrogens with zero attached hydrogens (tertiary/aromatic N) is 3. The quantitative estimate of drug-likeness (QED) is 0.626. The van der Waals surface area contributed by atoms with Crippen LogP contribution in [0.3, 0.4) is 0 Å². The van der Waals surface area contributed by atoms with Gasteiger partial charge < -0.3 is 15.0 Å². The maximum Gasteiger partial charge on any atom is 0.246 e. The molecule has 0 radical (unpaired) electrons. The van der Waals surface area contributed by atoms with E-state index in [1.807, 2.05) is 4.90 Å². The molecule has 1 N–H and O–H groups in total. The molecule has 0 bridgehead atoms. The molecule has 1 amide bonds. The molecule has 1 aromatic rings. The number of carbonyl (C=O) groups excluding carboxylic acids is 1. The van der Waals surface area contributed by atoms with Crippen LogP contribution in [0.1, 0.15) is 44.9 Å². The van der Waals surface area contributed by atoms with Gasteiger partial charge in [-0.25, -0.2) is 13.4 Å². The SMILES string of the molecule is O=C(NCCC1=CCCCC1)C1CCN(c2ncccc2S(=O)(=O)N2CCOCC2)CC1. The Morgan fingerprint density at radius 2 is 1.94 bits per heavy atom. The van der Waals surface area contributed by atoms with Crippen LogP contribution in [0.15, 0.2) is 34.9 Å². The minimum Gasteiger partial charge on any atom is -0.379 e. The van der Waals surface area contributed by atoms with E-state index in [9.17, 15) is 13.2 Å². The van der Waals surface area contributed by atoms with Crippen LogP contribution in [0, 0.1) is 5.92 Å². The second kappa shape index (κ2) is 10.8. The number of aromatic nitrogens is 1. The Bertz CT molecular complexity index is 920. The van der Waals surface area contributed by atoms with Crippen LogP contribution < -0.4 is 10.2 Å². The van der Waals surface area contributed by atoms with Crippen LogP contribution in [-0.2, 0) is 19.6 Å². The number of amides is 1. The van der Waals surface area contributed by atoms with Gasteiger partial charge in [-0.1, -0.05) is 11.6 Å². The molecule has 0 aromatic carbocycles. The molecule has 2 aliphatic heterocycles. The summed E-state index contributed by atoms with van der Waals surface area (Å²) in [7, 11) is -3.63. The van der Waals surface area contributed by atoms with Crippen LogP contribution in [0.4, 0.5) is 5.82 Å². The molecule has 8 nitrogen and oxygen atoms in total. The molecule has 176 valence electrons. The van der Waals surface area contributed by atoms with Crippen molar-refractivity contribution in [2.45, 2.75) is 49.8 Å². The van der Waals surface area contributed by atoms with Crippen molar-refractivity contribution in [1.29, 1.82) is 0 Å². The first-order valence-electron chi connectivity index (χ1n) is 11.8. The molecule has 32 heavy (non-hydrogen) atoms.